The van der Waals surface area contributed by atoms with Gasteiger partial charge in [0.25, 0.3) is 5.91 Å². The van der Waals surface area contributed by atoms with Gasteiger partial charge in [0.2, 0.25) is 6.79 Å². The van der Waals surface area contributed by atoms with E-state index in [4.69, 9.17) is 14.2 Å². The number of hydrogen-bond donors (Lipinski definition) is 3. The second kappa shape index (κ2) is 9.72. The van der Waals surface area contributed by atoms with E-state index in [1.807, 2.05) is 80.7 Å². The monoisotopic (exact) mass is 472 g/mol. The van der Waals surface area contributed by atoms with Crippen LogP contribution in [0, 0.1) is 0 Å². The highest BCUT2D eigenvalue weighted by Crippen LogP contribution is 2.37. The topological polar surface area (TPSA) is 92.8 Å². The number of nitrogens with one attached hydrogen (secondary N) is 2. The van der Waals surface area contributed by atoms with Crippen LogP contribution in [0.3, 0.4) is 0 Å². The Balaban J connectivity index is 1.42. The molecule has 0 fully saturated rings. The Bertz CT molecular complexity index is 1360. The van der Waals surface area contributed by atoms with Crippen molar-refractivity contribution in [2.24, 2.45) is 0 Å². The molecule has 0 unspecified atom stereocenters. The number of hydrogen-bond acceptors (Lipinski definition) is 5. The molecule has 180 valence electrons. The van der Waals surface area contributed by atoms with Gasteiger partial charge in [-0.1, -0.05) is 30.3 Å². The number of carbonyl (C=O) groups is 1. The summed E-state index contributed by atoms with van der Waals surface area (Å²) in [6, 6.07) is 18.7. The zero-order chi connectivity index (χ0) is 24.4. The van der Waals surface area contributed by atoms with E-state index >= 15 is 0 Å². The summed E-state index contributed by atoms with van der Waals surface area (Å²) in [4.78, 5) is 16.7. The lowest BCUT2D eigenvalue weighted by molar-refractivity contribution is 0.0910. The van der Waals surface area contributed by atoms with Gasteiger partial charge in [-0.05, 0) is 67.3 Å². The number of fused-ring (bicyclic) bond motifs is 2. The van der Waals surface area contributed by atoms with Crippen LogP contribution in [0.15, 0.2) is 66.9 Å². The minimum Gasteiger partial charge on any atom is -0.490 e. The molecular formula is C28H28N2O5. The van der Waals surface area contributed by atoms with Gasteiger partial charge >= 0.3 is 0 Å². The summed E-state index contributed by atoms with van der Waals surface area (Å²) in [5.74, 6) is 1.57. The molecule has 4 aromatic rings. The van der Waals surface area contributed by atoms with Gasteiger partial charge in [-0.15, -0.1) is 0 Å². The van der Waals surface area contributed by atoms with Crippen molar-refractivity contribution in [1.29, 1.82) is 0 Å². The largest absolute Gasteiger partial charge is 0.490 e. The van der Waals surface area contributed by atoms with Gasteiger partial charge in [0.1, 0.15) is 5.75 Å². The number of aromatic nitrogens is 1. The second-order valence-corrected chi connectivity index (χ2v) is 8.86. The molecule has 7 heteroatoms. The molecule has 3 aromatic carbocycles. The maximum absolute atomic E-state index is 13.4. The van der Waals surface area contributed by atoms with Crippen LogP contribution >= 0.6 is 0 Å². The Kier molecular flexibility index (Phi) is 6.33. The third-order valence-electron chi connectivity index (χ3n) is 5.99. The number of aliphatic hydroxyl groups is 1. The summed E-state index contributed by atoms with van der Waals surface area (Å²) in [5, 5.41) is 14.1. The molecule has 1 aliphatic rings. The van der Waals surface area contributed by atoms with E-state index in [9.17, 15) is 9.90 Å². The first-order valence-electron chi connectivity index (χ1n) is 11.7. The molecule has 0 saturated heterocycles. The third-order valence-corrected chi connectivity index (χ3v) is 5.99. The molecule has 1 aliphatic heterocycles. The van der Waals surface area contributed by atoms with Crippen LogP contribution in [0.4, 0.5) is 0 Å². The lowest BCUT2D eigenvalue weighted by atomic mass is 10.0. The van der Waals surface area contributed by atoms with E-state index in [1.54, 1.807) is 0 Å². The molecule has 0 saturated carbocycles. The Labute approximate surface area is 203 Å². The minimum atomic E-state index is -0.456. The first-order chi connectivity index (χ1) is 17.0. The number of benzene rings is 3. The summed E-state index contributed by atoms with van der Waals surface area (Å²) in [5.41, 5.74) is 4.21. The Morgan fingerprint density at radius 3 is 2.66 bits per heavy atom. The number of amides is 1. The zero-order valence-corrected chi connectivity index (χ0v) is 19.7. The average Bonchev–Trinajstić information content (AvgIpc) is 3.50. The number of H-pyrrole nitrogens is 1. The molecule has 0 radical (unpaired) electrons. The van der Waals surface area contributed by atoms with Gasteiger partial charge < -0.3 is 29.6 Å². The molecule has 1 aromatic heterocycles. The van der Waals surface area contributed by atoms with E-state index in [1.165, 1.54) is 0 Å². The van der Waals surface area contributed by atoms with Crippen molar-refractivity contribution < 1.29 is 24.1 Å². The van der Waals surface area contributed by atoms with Crippen molar-refractivity contribution in [3.05, 3.63) is 78.0 Å². The minimum absolute atomic E-state index is 0.0993. The Morgan fingerprint density at radius 1 is 1.06 bits per heavy atom. The predicted octanol–water partition coefficient (Wildman–Crippen LogP) is 4.68. The first kappa shape index (κ1) is 22.8. The van der Waals surface area contributed by atoms with Crippen molar-refractivity contribution in [3.63, 3.8) is 0 Å². The first-order valence-corrected chi connectivity index (χ1v) is 11.7. The summed E-state index contributed by atoms with van der Waals surface area (Å²) in [7, 11) is 0. The van der Waals surface area contributed by atoms with E-state index in [-0.39, 0.29) is 25.4 Å². The van der Waals surface area contributed by atoms with Gasteiger partial charge in [-0.2, -0.15) is 0 Å². The van der Waals surface area contributed by atoms with Crippen LogP contribution in [0.25, 0.3) is 22.0 Å². The Morgan fingerprint density at radius 2 is 1.83 bits per heavy atom. The maximum Gasteiger partial charge on any atom is 0.255 e. The Hall–Kier alpha value is -3.97. The lowest BCUT2D eigenvalue weighted by Crippen LogP contribution is -2.39. The third kappa shape index (κ3) is 4.81. The van der Waals surface area contributed by atoms with Crippen LogP contribution in [-0.4, -0.2) is 41.5 Å². The van der Waals surface area contributed by atoms with Crippen molar-refractivity contribution in [2.75, 3.05) is 13.4 Å². The molecule has 0 aliphatic carbocycles. The lowest BCUT2D eigenvalue weighted by Gasteiger charge is -2.19. The van der Waals surface area contributed by atoms with Crippen molar-refractivity contribution >= 4 is 16.8 Å². The molecule has 3 N–H and O–H groups in total. The molecule has 0 spiro atoms. The fraction of sp³-hybridized carbons (Fsp3) is 0.250. The molecule has 35 heavy (non-hydrogen) atoms. The maximum atomic E-state index is 13.4. The van der Waals surface area contributed by atoms with Gasteiger partial charge in [-0.25, -0.2) is 0 Å². The summed E-state index contributed by atoms with van der Waals surface area (Å²) in [6.45, 7) is 3.85. The fourth-order valence-corrected chi connectivity index (χ4v) is 4.31. The van der Waals surface area contributed by atoms with Crippen LogP contribution in [0.5, 0.6) is 17.2 Å². The summed E-state index contributed by atoms with van der Waals surface area (Å²) in [6.07, 6.45) is 2.32. The summed E-state index contributed by atoms with van der Waals surface area (Å²) < 4.78 is 16.9. The van der Waals surface area contributed by atoms with Gasteiger partial charge in [0, 0.05) is 17.1 Å². The van der Waals surface area contributed by atoms with Crippen LogP contribution < -0.4 is 19.5 Å². The van der Waals surface area contributed by atoms with Crippen molar-refractivity contribution in [1.82, 2.24) is 10.3 Å². The highest BCUT2D eigenvalue weighted by Gasteiger charge is 2.21. The quantitative estimate of drug-likeness (QED) is 0.346. The highest BCUT2D eigenvalue weighted by molar-refractivity contribution is 5.98. The van der Waals surface area contributed by atoms with E-state index in [0.717, 1.165) is 27.6 Å². The normalized spacial score (nSPS) is 13.3. The number of para-hydroxylation sites is 1. The molecule has 2 heterocycles. The molecule has 1 amide bonds. The average molecular weight is 473 g/mol. The molecule has 0 bridgehead atoms. The standard InChI is InChI=1S/C28H28N2O5/c1-17(2)35-25-9-7-18(19-8-10-26-27(13-19)34-16-33-26)12-23(25)28(32)30-21(15-31)11-20-14-29-24-6-4-3-5-22(20)24/h3-10,12-14,17,21,29,31H,11,15-16H2,1-2H3,(H,30,32)/t21-/m1/s1. The van der Waals surface area contributed by atoms with Gasteiger partial charge in [0.15, 0.2) is 11.5 Å². The number of carbonyl (C=O) groups excluding carboxylic acids is 1. The van der Waals surface area contributed by atoms with Gasteiger partial charge in [-0.3, -0.25) is 4.79 Å². The zero-order valence-electron chi connectivity index (χ0n) is 19.7. The number of aliphatic hydroxyl groups excluding tert-OH is 1. The molecular weight excluding hydrogens is 444 g/mol. The van der Waals surface area contributed by atoms with Crippen LogP contribution in [0.2, 0.25) is 0 Å². The fourth-order valence-electron chi connectivity index (χ4n) is 4.31. The van der Waals surface area contributed by atoms with Crippen molar-refractivity contribution in [3.8, 4) is 28.4 Å². The number of ether oxygens (including phenoxy) is 3. The predicted molar refractivity (Wildman–Crippen MR) is 134 cm³/mol. The van der Waals surface area contributed by atoms with E-state index in [0.29, 0.717) is 29.2 Å². The number of rotatable bonds is 8. The molecule has 1 atom stereocenters. The smallest absolute Gasteiger partial charge is 0.255 e. The number of aromatic amines is 1. The van der Waals surface area contributed by atoms with Crippen LogP contribution in [-0.2, 0) is 6.42 Å². The van der Waals surface area contributed by atoms with Gasteiger partial charge in [0.05, 0.1) is 24.3 Å². The molecule has 5 rings (SSSR count). The van der Waals surface area contributed by atoms with E-state index < -0.39 is 6.04 Å². The van der Waals surface area contributed by atoms with Crippen LogP contribution in [0.1, 0.15) is 29.8 Å². The molecule has 7 nitrogen and oxygen atoms in total. The summed E-state index contributed by atoms with van der Waals surface area (Å²) >= 11 is 0. The second-order valence-electron chi connectivity index (χ2n) is 8.86. The SMILES string of the molecule is CC(C)Oc1ccc(-c2ccc3c(c2)OCO3)cc1C(=O)N[C@@H](CO)Cc1c[nH]c2ccccc12. The highest BCUT2D eigenvalue weighted by atomic mass is 16.7. The van der Waals surface area contributed by atoms with Crippen molar-refractivity contribution in [2.45, 2.75) is 32.4 Å². The van der Waals surface area contributed by atoms with E-state index in [2.05, 4.69) is 10.3 Å².